The van der Waals surface area contributed by atoms with Gasteiger partial charge in [0.05, 0.1) is 0 Å². The van der Waals surface area contributed by atoms with Crippen LogP contribution in [-0.4, -0.2) is 12.6 Å². The highest BCUT2D eigenvalue weighted by atomic mass is 14.9. The second kappa shape index (κ2) is 4.67. The Morgan fingerprint density at radius 2 is 2.15 bits per heavy atom. The molecule has 13 heavy (non-hydrogen) atoms. The number of hydrogen-bond acceptors (Lipinski definition) is 1. The van der Waals surface area contributed by atoms with Crippen LogP contribution in [0.3, 0.4) is 0 Å². The van der Waals surface area contributed by atoms with E-state index in [9.17, 15) is 0 Å². The smallest absolute Gasteiger partial charge is 0.00925 e. The Balaban J connectivity index is 1.97. The highest BCUT2D eigenvalue weighted by Crippen LogP contribution is 2.47. The summed E-state index contributed by atoms with van der Waals surface area (Å²) in [7, 11) is 0. The Kier molecular flexibility index (Phi) is 3.81. The van der Waals surface area contributed by atoms with E-state index in [1.54, 1.807) is 0 Å². The molecular weight excluding hydrogens is 158 g/mol. The maximum absolute atomic E-state index is 5.18. The highest BCUT2D eigenvalue weighted by molar-refractivity contribution is 4.96. The van der Waals surface area contributed by atoms with Gasteiger partial charge in [0, 0.05) is 12.5 Å². The minimum atomic E-state index is 0.603. The van der Waals surface area contributed by atoms with Crippen LogP contribution in [0, 0.1) is 17.8 Å². The van der Waals surface area contributed by atoms with Crippen LogP contribution in [-0.2, 0) is 0 Å². The fourth-order valence-electron chi connectivity index (χ4n) is 1.55. The number of terminal acetylenes is 1. The second-order valence-corrected chi connectivity index (χ2v) is 4.49. The Morgan fingerprint density at radius 1 is 1.46 bits per heavy atom. The first kappa shape index (κ1) is 10.6. The van der Waals surface area contributed by atoms with Crippen molar-refractivity contribution in [3.8, 4) is 12.3 Å². The Labute approximate surface area is 82.3 Å². The molecule has 1 saturated carbocycles. The van der Waals surface area contributed by atoms with Gasteiger partial charge in [-0.1, -0.05) is 6.92 Å². The standard InChI is InChI=1S/C12H21N/c1-4-5-6-7-10-13-11(2)12(3)8-9-12/h1,11,13H,5-10H2,2-3H3. The van der Waals surface area contributed by atoms with E-state index in [2.05, 4.69) is 25.1 Å². The molecule has 1 nitrogen and oxygen atoms in total. The topological polar surface area (TPSA) is 12.0 Å². The van der Waals surface area contributed by atoms with Crippen LogP contribution >= 0.6 is 0 Å². The van der Waals surface area contributed by atoms with Crippen molar-refractivity contribution in [1.29, 1.82) is 0 Å². The Morgan fingerprint density at radius 3 is 2.69 bits per heavy atom. The Hall–Kier alpha value is -0.480. The molecule has 0 radical (unpaired) electrons. The summed E-state index contributed by atoms with van der Waals surface area (Å²) in [5.74, 6) is 2.67. The SMILES string of the molecule is C#CCCCCNC(C)C1(C)CC1. The average Bonchev–Trinajstić information content (AvgIpc) is 2.84. The van der Waals surface area contributed by atoms with Gasteiger partial charge in [0.1, 0.15) is 0 Å². The summed E-state index contributed by atoms with van der Waals surface area (Å²) in [6.07, 6.45) is 11.3. The number of unbranched alkanes of at least 4 members (excludes halogenated alkanes) is 2. The first-order valence-corrected chi connectivity index (χ1v) is 5.36. The van der Waals surface area contributed by atoms with Crippen molar-refractivity contribution in [1.82, 2.24) is 5.32 Å². The molecule has 0 spiro atoms. The van der Waals surface area contributed by atoms with Crippen molar-refractivity contribution >= 4 is 0 Å². The van der Waals surface area contributed by atoms with Gasteiger partial charge in [-0.15, -0.1) is 12.3 Å². The molecule has 0 aromatic carbocycles. The summed E-state index contributed by atoms with van der Waals surface area (Å²) in [6.45, 7) is 5.79. The van der Waals surface area contributed by atoms with E-state index in [-0.39, 0.29) is 0 Å². The van der Waals surface area contributed by atoms with Gasteiger partial charge in [-0.2, -0.15) is 0 Å². The van der Waals surface area contributed by atoms with Crippen LogP contribution in [0.25, 0.3) is 0 Å². The summed E-state index contributed by atoms with van der Waals surface area (Å²) >= 11 is 0. The third kappa shape index (κ3) is 3.40. The third-order valence-electron chi connectivity index (χ3n) is 3.28. The molecule has 1 aliphatic carbocycles. The van der Waals surface area contributed by atoms with E-state index in [0.29, 0.717) is 11.5 Å². The number of rotatable bonds is 6. The molecule has 1 rings (SSSR count). The highest BCUT2D eigenvalue weighted by Gasteiger charge is 2.41. The zero-order valence-corrected chi connectivity index (χ0v) is 8.90. The van der Waals surface area contributed by atoms with Crippen molar-refractivity contribution in [3.63, 3.8) is 0 Å². The minimum absolute atomic E-state index is 0.603. The molecule has 0 aromatic rings. The van der Waals surface area contributed by atoms with Crippen LogP contribution in [0.2, 0.25) is 0 Å². The molecule has 1 aliphatic rings. The van der Waals surface area contributed by atoms with Gasteiger partial charge in [0.25, 0.3) is 0 Å². The predicted octanol–water partition coefficient (Wildman–Crippen LogP) is 2.57. The van der Waals surface area contributed by atoms with Crippen molar-refractivity contribution in [2.45, 2.75) is 52.0 Å². The maximum atomic E-state index is 5.18. The molecule has 1 fully saturated rings. The molecule has 1 atom stereocenters. The fraction of sp³-hybridized carbons (Fsp3) is 0.833. The summed E-state index contributed by atoms with van der Waals surface area (Å²) < 4.78 is 0. The van der Waals surface area contributed by atoms with Gasteiger partial charge in [-0.25, -0.2) is 0 Å². The molecule has 1 N–H and O–H groups in total. The van der Waals surface area contributed by atoms with Gasteiger partial charge in [0.15, 0.2) is 0 Å². The lowest BCUT2D eigenvalue weighted by molar-refractivity contribution is 0.378. The van der Waals surface area contributed by atoms with Crippen LogP contribution in [0.4, 0.5) is 0 Å². The lowest BCUT2D eigenvalue weighted by atomic mass is 10.0. The summed E-state index contributed by atoms with van der Waals surface area (Å²) in [5, 5.41) is 3.58. The molecule has 0 amide bonds. The largest absolute Gasteiger partial charge is 0.314 e. The predicted molar refractivity (Wildman–Crippen MR) is 57.5 cm³/mol. The molecule has 0 aliphatic heterocycles. The molecule has 74 valence electrons. The summed E-state index contributed by atoms with van der Waals surface area (Å²) in [5.41, 5.74) is 0.603. The van der Waals surface area contributed by atoms with E-state index < -0.39 is 0 Å². The lowest BCUT2D eigenvalue weighted by Gasteiger charge is -2.20. The van der Waals surface area contributed by atoms with Crippen molar-refractivity contribution < 1.29 is 0 Å². The van der Waals surface area contributed by atoms with E-state index in [4.69, 9.17) is 6.42 Å². The molecule has 0 bridgehead atoms. The van der Waals surface area contributed by atoms with Gasteiger partial charge in [-0.05, 0) is 44.6 Å². The van der Waals surface area contributed by atoms with E-state index in [1.165, 1.54) is 19.3 Å². The van der Waals surface area contributed by atoms with E-state index >= 15 is 0 Å². The summed E-state index contributed by atoms with van der Waals surface area (Å²) in [4.78, 5) is 0. The number of hydrogen-bond donors (Lipinski definition) is 1. The Bertz CT molecular complexity index is 186. The van der Waals surface area contributed by atoms with Gasteiger partial charge >= 0.3 is 0 Å². The normalized spacial score (nSPS) is 20.7. The fourth-order valence-corrected chi connectivity index (χ4v) is 1.55. The zero-order valence-electron chi connectivity index (χ0n) is 8.90. The van der Waals surface area contributed by atoms with Crippen molar-refractivity contribution in [3.05, 3.63) is 0 Å². The van der Waals surface area contributed by atoms with E-state index in [0.717, 1.165) is 19.4 Å². The first-order valence-electron chi connectivity index (χ1n) is 5.36. The molecular formula is C12H21N. The van der Waals surface area contributed by atoms with Crippen molar-refractivity contribution in [2.24, 2.45) is 5.41 Å². The molecule has 0 heterocycles. The average molecular weight is 179 g/mol. The van der Waals surface area contributed by atoms with Crippen LogP contribution in [0.5, 0.6) is 0 Å². The van der Waals surface area contributed by atoms with E-state index in [1.807, 2.05) is 0 Å². The van der Waals surface area contributed by atoms with Crippen LogP contribution in [0.1, 0.15) is 46.0 Å². The van der Waals surface area contributed by atoms with Crippen LogP contribution in [0.15, 0.2) is 0 Å². The minimum Gasteiger partial charge on any atom is -0.314 e. The first-order chi connectivity index (χ1) is 6.19. The molecule has 0 aromatic heterocycles. The van der Waals surface area contributed by atoms with Crippen LogP contribution < -0.4 is 5.32 Å². The maximum Gasteiger partial charge on any atom is 0.00925 e. The molecule has 1 heteroatoms. The van der Waals surface area contributed by atoms with Gasteiger partial charge in [-0.3, -0.25) is 0 Å². The second-order valence-electron chi connectivity index (χ2n) is 4.49. The van der Waals surface area contributed by atoms with Crippen molar-refractivity contribution in [2.75, 3.05) is 6.54 Å². The van der Waals surface area contributed by atoms with Gasteiger partial charge in [0.2, 0.25) is 0 Å². The molecule has 0 saturated heterocycles. The molecule has 1 unspecified atom stereocenters. The zero-order chi connectivity index (χ0) is 9.73. The third-order valence-corrected chi connectivity index (χ3v) is 3.28. The van der Waals surface area contributed by atoms with Gasteiger partial charge < -0.3 is 5.32 Å². The number of nitrogens with one attached hydrogen (secondary N) is 1. The summed E-state index contributed by atoms with van der Waals surface area (Å²) in [6, 6.07) is 0.679. The monoisotopic (exact) mass is 179 g/mol. The lowest BCUT2D eigenvalue weighted by Crippen LogP contribution is -2.33. The quantitative estimate of drug-likeness (QED) is 0.488.